The zero-order valence-electron chi connectivity index (χ0n) is 54.8. The highest BCUT2D eigenvalue weighted by atomic mass is 16.5. The molecule has 12 aromatic rings. The lowest BCUT2D eigenvalue weighted by Crippen LogP contribution is -2.09. The van der Waals surface area contributed by atoms with Gasteiger partial charge in [-0.3, -0.25) is 0 Å². The Morgan fingerprint density at radius 1 is 0.189 bits per heavy atom. The Morgan fingerprint density at radius 2 is 0.358 bits per heavy atom. The maximum Gasteiger partial charge on any atom is 0.119 e. The quantitative estimate of drug-likeness (QED) is 0.0670. The van der Waals surface area contributed by atoms with E-state index >= 15 is 0 Å². The molecule has 466 valence electrons. The number of hydrogen-bond donors (Lipinski definition) is 0. The average Bonchev–Trinajstić information content (AvgIpc) is 1.12. The predicted molar refractivity (Wildman–Crippen MR) is 408 cm³/mol. The Morgan fingerprint density at radius 3 is 0.537 bits per heavy atom. The monoisotopic (exact) mass is 1230 g/mol. The van der Waals surface area contributed by atoms with E-state index in [2.05, 4.69) is 340 Å². The fraction of sp³-hybridized carbons (Fsp3) is 0.0667. The number of anilines is 6. The van der Waals surface area contributed by atoms with Crippen molar-refractivity contribution in [2.45, 2.75) is 20.8 Å². The van der Waals surface area contributed by atoms with Crippen LogP contribution in [0, 0.1) is 20.8 Å². The zero-order chi connectivity index (χ0) is 65.6. The minimum absolute atomic E-state index is 0.844. The van der Waals surface area contributed by atoms with Gasteiger partial charge in [-0.2, -0.15) is 0 Å². The molecule has 5 nitrogen and oxygen atoms in total. The van der Waals surface area contributed by atoms with E-state index in [0.717, 1.165) is 84.8 Å². The molecule has 12 rings (SSSR count). The second-order valence-electron chi connectivity index (χ2n) is 23.3. The molecule has 0 aromatic heterocycles. The van der Waals surface area contributed by atoms with Crippen LogP contribution >= 0.6 is 0 Å². The largest absolute Gasteiger partial charge is 0.497 e. The van der Waals surface area contributed by atoms with Crippen LogP contribution < -0.4 is 24.0 Å². The van der Waals surface area contributed by atoms with Crippen LogP contribution in [0.25, 0.3) is 72.9 Å². The zero-order valence-corrected chi connectivity index (χ0v) is 54.8. The van der Waals surface area contributed by atoms with Crippen molar-refractivity contribution in [2.24, 2.45) is 0 Å². The van der Waals surface area contributed by atoms with Crippen LogP contribution in [-0.2, 0) is 0 Å². The maximum absolute atomic E-state index is 5.38. The molecule has 0 bridgehead atoms. The fourth-order valence-electron chi connectivity index (χ4n) is 11.0. The predicted octanol–water partition coefficient (Wildman–Crippen LogP) is 24.3. The number of aryl methyl sites for hydroxylation is 3. The van der Waals surface area contributed by atoms with E-state index in [4.69, 9.17) is 14.2 Å². The van der Waals surface area contributed by atoms with Crippen molar-refractivity contribution in [3.05, 3.63) is 375 Å². The fourth-order valence-corrected chi connectivity index (χ4v) is 11.0. The average molecular weight is 1240 g/mol. The van der Waals surface area contributed by atoms with E-state index in [9.17, 15) is 0 Å². The van der Waals surface area contributed by atoms with Gasteiger partial charge in [-0.1, -0.05) is 272 Å². The number of benzene rings is 12. The van der Waals surface area contributed by atoms with E-state index in [-0.39, 0.29) is 0 Å². The second-order valence-corrected chi connectivity index (χ2v) is 23.3. The number of ether oxygens (including phenoxy) is 3. The Labute approximate surface area is 561 Å². The van der Waals surface area contributed by atoms with Gasteiger partial charge in [0.05, 0.1) is 21.3 Å². The van der Waals surface area contributed by atoms with Gasteiger partial charge in [0, 0.05) is 34.1 Å². The summed E-state index contributed by atoms with van der Waals surface area (Å²) in [4.78, 5) is 4.59. The molecule has 0 saturated carbocycles. The summed E-state index contributed by atoms with van der Waals surface area (Å²) in [6.07, 6.45) is 25.7. The standard InChI is InChI=1S/C45H39NO3.C45H39N/c1-47-43-10-4-7-37(31-43)16-13-34-19-25-40(26-20-34)46(41-27-21-35(22-28-41)14-17-38-8-5-11-44(32-38)48-2)42-29-23-36(24-30-42)15-18-39-9-6-12-45(33-39)49-3;1-34-7-4-10-40(31-34)16-13-37-19-25-43(26-20-37)46(44-27-21-38(22-28-44)14-17-41-11-5-8-35(2)32-41)45-29-23-39(24-30-45)15-18-42-12-6-9-36(3)33-42/h4-33H,1-3H3;4-33H,1-3H3/b2*16-13+,17-14+,18-15+. The van der Waals surface area contributed by atoms with Gasteiger partial charge in [0.15, 0.2) is 0 Å². The van der Waals surface area contributed by atoms with E-state index in [1.54, 1.807) is 21.3 Å². The van der Waals surface area contributed by atoms with Crippen molar-refractivity contribution in [3.63, 3.8) is 0 Å². The van der Waals surface area contributed by atoms with Crippen LogP contribution in [0.1, 0.15) is 83.5 Å². The molecular weight excluding hydrogens is 1160 g/mol. The number of rotatable bonds is 21. The molecule has 0 fully saturated rings. The van der Waals surface area contributed by atoms with Gasteiger partial charge in [0.25, 0.3) is 0 Å². The van der Waals surface area contributed by atoms with Crippen LogP contribution in [-0.4, -0.2) is 21.3 Å². The summed E-state index contributed by atoms with van der Waals surface area (Å²) in [5, 5.41) is 0. The van der Waals surface area contributed by atoms with Crippen LogP contribution in [0.4, 0.5) is 34.1 Å². The molecule has 5 heteroatoms. The molecule has 0 N–H and O–H groups in total. The van der Waals surface area contributed by atoms with Crippen molar-refractivity contribution in [3.8, 4) is 17.2 Å². The number of methoxy groups -OCH3 is 3. The minimum Gasteiger partial charge on any atom is -0.497 e. The summed E-state index contributed by atoms with van der Waals surface area (Å²) in [5.41, 5.74) is 24.1. The highest BCUT2D eigenvalue weighted by Crippen LogP contribution is 2.38. The second kappa shape index (κ2) is 32.4. The first-order valence-electron chi connectivity index (χ1n) is 32.0. The first-order chi connectivity index (χ1) is 46.6. The molecule has 0 heterocycles. The van der Waals surface area contributed by atoms with Crippen molar-refractivity contribution in [1.82, 2.24) is 0 Å². The summed E-state index contributed by atoms with van der Waals surface area (Å²) in [6.45, 7) is 6.38. The van der Waals surface area contributed by atoms with E-state index in [0.29, 0.717) is 0 Å². The summed E-state index contributed by atoms with van der Waals surface area (Å²) >= 11 is 0. The smallest absolute Gasteiger partial charge is 0.119 e. The SMILES string of the molecule is COc1cccc(/C=C/c2ccc(N(c3ccc(/C=C/c4cccc(OC)c4)cc3)c3ccc(/C=C/c4cccc(OC)c4)cc3)cc2)c1.Cc1cccc(/C=C/c2ccc(N(c3ccc(/C=C/c4cccc(C)c4)cc3)c3ccc(/C=C/c4cccc(C)c4)cc3)cc2)c1. The normalized spacial score (nSPS) is 11.4. The molecule has 0 spiro atoms. The Hall–Kier alpha value is -11.9. The summed E-state index contributed by atoms with van der Waals surface area (Å²) < 4.78 is 16.1. The van der Waals surface area contributed by atoms with Gasteiger partial charge in [-0.25, -0.2) is 0 Å². The molecule has 95 heavy (non-hydrogen) atoms. The molecule has 0 saturated heterocycles. The first-order valence-corrected chi connectivity index (χ1v) is 32.0. The molecular formula is C90H78N2O3. The lowest BCUT2D eigenvalue weighted by molar-refractivity contribution is 0.414. The van der Waals surface area contributed by atoms with E-state index in [1.807, 2.05) is 54.6 Å². The molecule has 0 aliphatic rings. The molecule has 0 radical (unpaired) electrons. The van der Waals surface area contributed by atoms with Gasteiger partial charge in [-0.15, -0.1) is 0 Å². The lowest BCUT2D eigenvalue weighted by Gasteiger charge is -2.26. The van der Waals surface area contributed by atoms with Crippen molar-refractivity contribution < 1.29 is 14.2 Å². The third-order valence-corrected chi connectivity index (χ3v) is 16.1. The number of nitrogens with zero attached hydrogens (tertiary/aromatic N) is 2. The highest BCUT2D eigenvalue weighted by Gasteiger charge is 2.15. The lowest BCUT2D eigenvalue weighted by atomic mass is 10.1. The van der Waals surface area contributed by atoms with E-state index in [1.165, 1.54) is 50.1 Å². The molecule has 0 atom stereocenters. The molecule has 12 aromatic carbocycles. The van der Waals surface area contributed by atoms with Gasteiger partial charge in [0.2, 0.25) is 0 Å². The third kappa shape index (κ3) is 18.6. The summed E-state index contributed by atoms with van der Waals surface area (Å²) in [6, 6.07) is 102. The summed E-state index contributed by atoms with van der Waals surface area (Å²) in [7, 11) is 5.06. The summed E-state index contributed by atoms with van der Waals surface area (Å²) in [5.74, 6) is 2.53. The van der Waals surface area contributed by atoms with Crippen LogP contribution in [0.15, 0.2) is 291 Å². The van der Waals surface area contributed by atoms with E-state index < -0.39 is 0 Å². The van der Waals surface area contributed by atoms with Gasteiger partial charge >= 0.3 is 0 Å². The Bertz CT molecular complexity index is 4170. The van der Waals surface area contributed by atoms with Crippen LogP contribution in [0.5, 0.6) is 17.2 Å². The van der Waals surface area contributed by atoms with Gasteiger partial charge < -0.3 is 24.0 Å². The van der Waals surface area contributed by atoms with Gasteiger partial charge in [-0.05, 0) is 197 Å². The van der Waals surface area contributed by atoms with Crippen LogP contribution in [0.2, 0.25) is 0 Å². The molecule has 0 aliphatic heterocycles. The molecule has 0 amide bonds. The van der Waals surface area contributed by atoms with Gasteiger partial charge in [0.1, 0.15) is 17.2 Å². The topological polar surface area (TPSA) is 34.2 Å². The molecule has 0 aliphatic carbocycles. The van der Waals surface area contributed by atoms with Crippen molar-refractivity contribution in [1.29, 1.82) is 0 Å². The van der Waals surface area contributed by atoms with Crippen LogP contribution in [0.3, 0.4) is 0 Å². The highest BCUT2D eigenvalue weighted by molar-refractivity contribution is 5.83. The Kier molecular flexibility index (Phi) is 22.0. The Balaban J connectivity index is 0.000000194. The van der Waals surface area contributed by atoms with Crippen molar-refractivity contribution in [2.75, 3.05) is 31.1 Å². The maximum atomic E-state index is 5.38. The third-order valence-electron chi connectivity index (χ3n) is 16.1. The minimum atomic E-state index is 0.844. The van der Waals surface area contributed by atoms with Crippen molar-refractivity contribution >= 4 is 107 Å². The number of hydrogen-bond acceptors (Lipinski definition) is 5. The molecule has 0 unspecified atom stereocenters. The first kappa shape index (κ1) is 64.6.